The van der Waals surface area contributed by atoms with E-state index in [2.05, 4.69) is 10.3 Å². The number of hydrogen-bond donors (Lipinski definition) is 2. The lowest BCUT2D eigenvalue weighted by Crippen LogP contribution is -2.38. The predicted octanol–water partition coefficient (Wildman–Crippen LogP) is 4.49. The second kappa shape index (κ2) is 11.4. The number of methoxy groups -OCH3 is 2. The topological polar surface area (TPSA) is 107 Å². The monoisotopic (exact) mass is 524 g/mol. The number of carbonyl (C=O) groups is 2. The van der Waals surface area contributed by atoms with Gasteiger partial charge in [-0.1, -0.05) is 12.1 Å². The molecule has 4 aromatic rings. The van der Waals surface area contributed by atoms with E-state index in [4.69, 9.17) is 19.3 Å². The van der Waals surface area contributed by atoms with Gasteiger partial charge in [-0.2, -0.15) is 0 Å². The largest absolute Gasteiger partial charge is 0.494 e. The molecule has 192 valence electrons. The van der Waals surface area contributed by atoms with E-state index in [1.54, 1.807) is 36.6 Å². The van der Waals surface area contributed by atoms with E-state index in [1.807, 2.05) is 0 Å². The number of fused-ring (bicyclic) bond motifs is 1. The molecule has 0 aliphatic rings. The van der Waals surface area contributed by atoms with Crippen molar-refractivity contribution < 1.29 is 33.3 Å². The number of carbonyl (C=O) groups excluding carboxylic acids is 2. The number of benzene rings is 2. The first-order chi connectivity index (χ1) is 17.9. The molecule has 37 heavy (non-hydrogen) atoms. The van der Waals surface area contributed by atoms with E-state index in [0.29, 0.717) is 38.6 Å². The van der Waals surface area contributed by atoms with Crippen molar-refractivity contribution in [2.75, 3.05) is 27.4 Å². The number of Topliss-reactive ketones (excluding diaryl/α,β-unsaturated/α-hetero) is 1. The predicted molar refractivity (Wildman–Crippen MR) is 138 cm³/mol. The van der Waals surface area contributed by atoms with Crippen LogP contribution in [-0.2, 0) is 0 Å². The van der Waals surface area contributed by atoms with E-state index >= 15 is 0 Å². The van der Waals surface area contributed by atoms with E-state index in [9.17, 15) is 14.0 Å². The number of thiophene rings is 1. The number of nitrogens with one attached hydrogen (secondary N) is 1. The molecule has 0 fully saturated rings. The van der Waals surface area contributed by atoms with E-state index in [-0.39, 0.29) is 30.3 Å². The van der Waals surface area contributed by atoms with E-state index in [0.717, 1.165) is 0 Å². The van der Waals surface area contributed by atoms with Gasteiger partial charge in [0.2, 0.25) is 5.78 Å². The van der Waals surface area contributed by atoms with Crippen LogP contribution in [0.25, 0.3) is 21.3 Å². The summed E-state index contributed by atoms with van der Waals surface area (Å²) >= 11 is 1.25. The van der Waals surface area contributed by atoms with Crippen LogP contribution in [0.3, 0.4) is 0 Å². The summed E-state index contributed by atoms with van der Waals surface area (Å²) in [6, 6.07) is 11.6. The normalized spacial score (nSPS) is 11.7. The summed E-state index contributed by atoms with van der Waals surface area (Å²) in [6.07, 6.45) is 0. The molecule has 0 bridgehead atoms. The molecule has 0 saturated heterocycles. The molecule has 2 heterocycles. The number of aliphatic hydroxyl groups excluding tert-OH is 1. The minimum absolute atomic E-state index is 0.0837. The number of pyridine rings is 1. The third-order valence-electron chi connectivity index (χ3n) is 5.65. The van der Waals surface area contributed by atoms with Crippen LogP contribution >= 0.6 is 11.3 Å². The molecule has 1 atom stereocenters. The minimum atomic E-state index is -0.894. The minimum Gasteiger partial charge on any atom is -0.494 e. The molecule has 10 heteroatoms. The lowest BCUT2D eigenvalue weighted by atomic mass is 10.1. The summed E-state index contributed by atoms with van der Waals surface area (Å²) < 4.78 is 30.8. The maximum atomic E-state index is 14.2. The molecule has 4 rings (SSSR count). The molecule has 0 saturated carbocycles. The van der Waals surface area contributed by atoms with Crippen molar-refractivity contribution in [1.82, 2.24) is 10.3 Å². The molecule has 2 aromatic carbocycles. The number of aromatic nitrogens is 1. The van der Waals surface area contributed by atoms with Crippen molar-refractivity contribution in [3.8, 4) is 28.5 Å². The SMILES string of the molecule is COc1cc(C(=O)NC(C)C(=O)c2ccc(OC)c(-c3csc4c(F)cccc34)n2)ccc1OCCO. The van der Waals surface area contributed by atoms with Crippen LogP contribution < -0.4 is 19.5 Å². The number of aliphatic hydroxyl groups is 1. The molecular weight excluding hydrogens is 499 g/mol. The van der Waals surface area contributed by atoms with Crippen molar-refractivity contribution in [3.05, 3.63) is 71.0 Å². The van der Waals surface area contributed by atoms with Gasteiger partial charge in [0.25, 0.3) is 5.91 Å². The van der Waals surface area contributed by atoms with Crippen LogP contribution in [0.15, 0.2) is 53.9 Å². The Morgan fingerprint density at radius 2 is 1.84 bits per heavy atom. The summed E-state index contributed by atoms with van der Waals surface area (Å²) in [5.41, 5.74) is 1.46. The van der Waals surface area contributed by atoms with Crippen LogP contribution in [0.1, 0.15) is 27.8 Å². The van der Waals surface area contributed by atoms with Crippen molar-refractivity contribution in [2.24, 2.45) is 0 Å². The average Bonchev–Trinajstić information content (AvgIpc) is 3.36. The van der Waals surface area contributed by atoms with Gasteiger partial charge >= 0.3 is 0 Å². The zero-order valence-corrected chi connectivity index (χ0v) is 21.2. The zero-order valence-electron chi connectivity index (χ0n) is 20.4. The average molecular weight is 525 g/mol. The summed E-state index contributed by atoms with van der Waals surface area (Å²) in [6.45, 7) is 1.49. The second-order valence-corrected chi connectivity index (χ2v) is 8.89. The highest BCUT2D eigenvalue weighted by Gasteiger charge is 2.23. The summed E-state index contributed by atoms with van der Waals surface area (Å²) in [5, 5.41) is 14.1. The highest BCUT2D eigenvalue weighted by Crippen LogP contribution is 2.38. The number of hydrogen-bond acceptors (Lipinski definition) is 8. The van der Waals surface area contributed by atoms with E-state index in [1.165, 1.54) is 49.8 Å². The summed E-state index contributed by atoms with van der Waals surface area (Å²) in [5.74, 6) is -0.0820. The molecule has 8 nitrogen and oxygen atoms in total. The molecular formula is C27H25FN2O6S. The summed E-state index contributed by atoms with van der Waals surface area (Å²) in [7, 11) is 2.93. The Kier molecular flexibility index (Phi) is 8.00. The lowest BCUT2D eigenvalue weighted by molar-refractivity contribution is 0.0863. The Bertz CT molecular complexity index is 1450. The van der Waals surface area contributed by atoms with Crippen LogP contribution in [0, 0.1) is 5.82 Å². The number of ketones is 1. The number of ether oxygens (including phenoxy) is 3. The van der Waals surface area contributed by atoms with Crippen molar-refractivity contribution in [1.29, 1.82) is 0 Å². The van der Waals surface area contributed by atoms with Crippen molar-refractivity contribution in [2.45, 2.75) is 13.0 Å². The maximum absolute atomic E-state index is 14.2. The first kappa shape index (κ1) is 26.1. The van der Waals surface area contributed by atoms with Crippen LogP contribution in [-0.4, -0.2) is 55.3 Å². The first-order valence-corrected chi connectivity index (χ1v) is 12.2. The standard InChI is InChI=1S/C27H25FN2O6S/c1-15(29-27(33)16-7-9-21(36-12-11-31)23(13-16)35-3)25(32)20-8-10-22(34-2)24(30-20)18-14-37-26-17(18)5-4-6-19(26)28/h4-10,13-15,31H,11-12H2,1-3H3,(H,29,33). The van der Waals surface area contributed by atoms with Crippen molar-refractivity contribution in [3.63, 3.8) is 0 Å². The van der Waals surface area contributed by atoms with E-state index < -0.39 is 17.7 Å². The maximum Gasteiger partial charge on any atom is 0.252 e. The van der Waals surface area contributed by atoms with Crippen LogP contribution in [0.2, 0.25) is 0 Å². The fourth-order valence-corrected chi connectivity index (χ4v) is 4.76. The Hall–Kier alpha value is -4.02. The fraction of sp³-hybridized carbons (Fsp3) is 0.222. The first-order valence-electron chi connectivity index (χ1n) is 11.4. The summed E-state index contributed by atoms with van der Waals surface area (Å²) in [4.78, 5) is 30.6. The molecule has 1 unspecified atom stereocenters. The smallest absolute Gasteiger partial charge is 0.252 e. The third kappa shape index (κ3) is 5.40. The molecule has 2 N–H and O–H groups in total. The number of amides is 1. The van der Waals surface area contributed by atoms with Gasteiger partial charge in [0.05, 0.1) is 31.6 Å². The number of rotatable bonds is 10. The Labute approximate surface area is 216 Å². The van der Waals surface area contributed by atoms with Gasteiger partial charge in [0.15, 0.2) is 11.5 Å². The van der Waals surface area contributed by atoms with Gasteiger partial charge in [-0.15, -0.1) is 11.3 Å². The third-order valence-corrected chi connectivity index (χ3v) is 6.66. The molecule has 0 aliphatic carbocycles. The molecule has 0 spiro atoms. The van der Waals surface area contributed by atoms with Gasteiger partial charge in [0, 0.05) is 21.9 Å². The molecule has 0 radical (unpaired) electrons. The quantitative estimate of drug-likeness (QED) is 0.294. The van der Waals surface area contributed by atoms with Crippen LogP contribution in [0.4, 0.5) is 4.39 Å². The van der Waals surface area contributed by atoms with Gasteiger partial charge in [-0.25, -0.2) is 9.37 Å². The molecule has 1 amide bonds. The van der Waals surface area contributed by atoms with Gasteiger partial charge in [-0.05, 0) is 43.3 Å². The van der Waals surface area contributed by atoms with Crippen molar-refractivity contribution >= 4 is 33.1 Å². The lowest BCUT2D eigenvalue weighted by Gasteiger charge is -2.15. The highest BCUT2D eigenvalue weighted by atomic mass is 32.1. The zero-order chi connectivity index (χ0) is 26.5. The Morgan fingerprint density at radius 1 is 1.08 bits per heavy atom. The van der Waals surface area contributed by atoms with Crippen LogP contribution in [0.5, 0.6) is 17.2 Å². The molecule has 0 aliphatic heterocycles. The highest BCUT2D eigenvalue weighted by molar-refractivity contribution is 7.17. The second-order valence-electron chi connectivity index (χ2n) is 8.01. The molecule has 2 aromatic heterocycles. The van der Waals surface area contributed by atoms with Gasteiger partial charge in [-0.3, -0.25) is 9.59 Å². The Balaban J connectivity index is 1.57. The Morgan fingerprint density at radius 3 is 2.57 bits per heavy atom. The number of nitrogens with zero attached hydrogens (tertiary/aromatic N) is 1. The van der Waals surface area contributed by atoms with Gasteiger partial charge < -0.3 is 24.6 Å². The van der Waals surface area contributed by atoms with Gasteiger partial charge in [0.1, 0.15) is 29.6 Å². The number of halogens is 1. The fourth-order valence-electron chi connectivity index (χ4n) is 3.80.